The first kappa shape index (κ1) is 23.0. The Kier molecular flexibility index (Phi) is 7.15. The third kappa shape index (κ3) is 5.94. The van der Waals surface area contributed by atoms with E-state index in [0.717, 1.165) is 11.4 Å². The molecule has 0 aliphatic heterocycles. The number of ether oxygens (including phenoxy) is 1. The SMILES string of the molecule is C[C@@H](O)c1cc(F)ccc1-n1nccc1Cc1cc(C#N)n(COCCS(C)(C)C)n1. The molecule has 0 saturated heterocycles. The highest BCUT2D eigenvalue weighted by Crippen LogP contribution is 2.33. The van der Waals surface area contributed by atoms with Gasteiger partial charge in [0, 0.05) is 23.9 Å². The predicted molar refractivity (Wildman–Crippen MR) is 120 cm³/mol. The van der Waals surface area contributed by atoms with Gasteiger partial charge in [-0.3, -0.25) is 0 Å². The number of aliphatic hydroxyl groups excluding tert-OH is 1. The molecule has 1 N–H and O–H groups in total. The number of nitrogens with zero attached hydrogens (tertiary/aromatic N) is 5. The van der Waals surface area contributed by atoms with Gasteiger partial charge in [0.15, 0.2) is 0 Å². The van der Waals surface area contributed by atoms with Gasteiger partial charge in [0.2, 0.25) is 0 Å². The summed E-state index contributed by atoms with van der Waals surface area (Å²) in [5.41, 5.74) is 2.98. The van der Waals surface area contributed by atoms with Crippen molar-refractivity contribution in [2.75, 3.05) is 31.1 Å². The molecule has 1 atom stereocenters. The average molecular weight is 446 g/mol. The summed E-state index contributed by atoms with van der Waals surface area (Å²) in [4.78, 5) is 0. The van der Waals surface area contributed by atoms with Gasteiger partial charge in [-0.15, -0.1) is 0 Å². The summed E-state index contributed by atoms with van der Waals surface area (Å²) in [5, 5.41) is 28.4. The van der Waals surface area contributed by atoms with Crippen LogP contribution in [0.4, 0.5) is 4.39 Å². The lowest BCUT2D eigenvalue weighted by atomic mass is 10.1. The summed E-state index contributed by atoms with van der Waals surface area (Å²) in [5.74, 6) is 0.574. The van der Waals surface area contributed by atoms with Crippen LogP contribution in [0.15, 0.2) is 36.5 Å². The van der Waals surface area contributed by atoms with Crippen LogP contribution in [-0.2, 0) is 17.9 Å². The molecule has 0 radical (unpaired) electrons. The monoisotopic (exact) mass is 445 g/mol. The fourth-order valence-electron chi connectivity index (χ4n) is 3.12. The lowest BCUT2D eigenvalue weighted by Gasteiger charge is -2.24. The van der Waals surface area contributed by atoms with Gasteiger partial charge in [-0.05, 0) is 56.0 Å². The zero-order valence-corrected chi connectivity index (χ0v) is 19.1. The minimum Gasteiger partial charge on any atom is -0.389 e. The molecule has 0 aliphatic carbocycles. The Labute approximate surface area is 183 Å². The number of aliphatic hydroxyl groups is 1. The van der Waals surface area contributed by atoms with Crippen molar-refractivity contribution in [2.45, 2.75) is 26.2 Å². The summed E-state index contributed by atoms with van der Waals surface area (Å²) in [6.45, 7) is 2.43. The normalized spacial score (nSPS) is 13.2. The number of hydrogen-bond acceptors (Lipinski definition) is 5. The number of hydrogen-bond donors (Lipinski definition) is 1. The number of rotatable bonds is 9. The first-order valence-electron chi connectivity index (χ1n) is 9.89. The van der Waals surface area contributed by atoms with E-state index in [9.17, 15) is 14.8 Å². The van der Waals surface area contributed by atoms with Gasteiger partial charge in [-0.2, -0.15) is 15.5 Å². The predicted octanol–water partition coefficient (Wildman–Crippen LogP) is 3.39. The van der Waals surface area contributed by atoms with Gasteiger partial charge in [-0.1, -0.05) is 0 Å². The highest BCUT2D eigenvalue weighted by molar-refractivity contribution is 8.32. The number of benzene rings is 1. The quantitative estimate of drug-likeness (QED) is 0.510. The van der Waals surface area contributed by atoms with Crippen molar-refractivity contribution < 1.29 is 14.2 Å². The Bertz CT molecular complexity index is 1080. The third-order valence-electron chi connectivity index (χ3n) is 4.75. The highest BCUT2D eigenvalue weighted by atomic mass is 32.3. The van der Waals surface area contributed by atoms with Gasteiger partial charge in [-0.25, -0.2) is 23.8 Å². The largest absolute Gasteiger partial charge is 0.389 e. The van der Waals surface area contributed by atoms with Gasteiger partial charge in [0.05, 0.1) is 29.8 Å². The number of nitriles is 1. The zero-order chi connectivity index (χ0) is 22.6. The Hall–Kier alpha value is -2.67. The molecule has 0 unspecified atom stereocenters. The molecule has 9 heteroatoms. The molecular formula is C22H28FN5O2S. The van der Waals surface area contributed by atoms with E-state index in [0.29, 0.717) is 35.7 Å². The molecule has 3 rings (SSSR count). The van der Waals surface area contributed by atoms with E-state index in [1.165, 1.54) is 12.1 Å². The molecule has 0 saturated carbocycles. The molecule has 2 heterocycles. The maximum Gasteiger partial charge on any atom is 0.141 e. The second kappa shape index (κ2) is 9.64. The topological polar surface area (TPSA) is 88.9 Å². The van der Waals surface area contributed by atoms with Crippen LogP contribution >= 0.6 is 10.0 Å². The number of halogens is 1. The fourth-order valence-corrected chi connectivity index (χ4v) is 3.74. The van der Waals surface area contributed by atoms with Crippen molar-refractivity contribution in [3.05, 3.63) is 65.0 Å². The van der Waals surface area contributed by atoms with Gasteiger partial charge in [0.1, 0.15) is 24.3 Å². The van der Waals surface area contributed by atoms with Crippen LogP contribution in [0.3, 0.4) is 0 Å². The summed E-state index contributed by atoms with van der Waals surface area (Å²) < 4.78 is 22.6. The molecule has 31 heavy (non-hydrogen) atoms. The third-order valence-corrected chi connectivity index (χ3v) is 6.14. The molecule has 166 valence electrons. The van der Waals surface area contributed by atoms with E-state index < -0.39 is 21.9 Å². The van der Waals surface area contributed by atoms with Crippen LogP contribution in [0.2, 0.25) is 0 Å². The van der Waals surface area contributed by atoms with Gasteiger partial charge >= 0.3 is 0 Å². The van der Waals surface area contributed by atoms with Crippen LogP contribution in [0.1, 0.15) is 35.7 Å². The van der Waals surface area contributed by atoms with E-state index in [2.05, 4.69) is 35.0 Å². The molecule has 1 aromatic carbocycles. The minimum absolute atomic E-state index is 0.224. The van der Waals surface area contributed by atoms with E-state index in [1.54, 1.807) is 34.6 Å². The molecule has 7 nitrogen and oxygen atoms in total. The van der Waals surface area contributed by atoms with Crippen molar-refractivity contribution in [1.29, 1.82) is 5.26 Å². The van der Waals surface area contributed by atoms with Crippen molar-refractivity contribution in [3.63, 3.8) is 0 Å². The van der Waals surface area contributed by atoms with Gasteiger partial charge in [0.25, 0.3) is 0 Å². The van der Waals surface area contributed by atoms with Crippen molar-refractivity contribution in [2.24, 2.45) is 0 Å². The van der Waals surface area contributed by atoms with E-state index in [4.69, 9.17) is 4.74 Å². The summed E-state index contributed by atoms with van der Waals surface area (Å²) in [7, 11) is -0.638. The first-order chi connectivity index (χ1) is 14.7. The highest BCUT2D eigenvalue weighted by Gasteiger charge is 2.16. The summed E-state index contributed by atoms with van der Waals surface area (Å²) >= 11 is 0. The Morgan fingerprint density at radius 3 is 2.71 bits per heavy atom. The first-order valence-corrected chi connectivity index (χ1v) is 12.9. The van der Waals surface area contributed by atoms with Crippen LogP contribution < -0.4 is 0 Å². The second-order valence-electron chi connectivity index (χ2n) is 8.25. The molecule has 0 amide bonds. The lowest BCUT2D eigenvalue weighted by molar-refractivity contribution is 0.0800. The average Bonchev–Trinajstić information content (AvgIpc) is 3.31. The molecule has 3 aromatic rings. The van der Waals surface area contributed by atoms with Crippen LogP contribution in [0, 0.1) is 17.1 Å². The molecule has 0 aliphatic rings. The fraction of sp³-hybridized carbons (Fsp3) is 0.409. The molecule has 0 bridgehead atoms. The molecule has 0 spiro atoms. The smallest absolute Gasteiger partial charge is 0.141 e. The molecule has 0 fully saturated rings. The second-order valence-corrected chi connectivity index (χ2v) is 12.8. The van der Waals surface area contributed by atoms with Crippen LogP contribution in [-0.4, -0.2) is 55.8 Å². The van der Waals surface area contributed by atoms with Crippen LogP contribution in [0.25, 0.3) is 5.69 Å². The maximum absolute atomic E-state index is 13.7. The van der Waals surface area contributed by atoms with Crippen molar-refractivity contribution in [3.8, 4) is 11.8 Å². The van der Waals surface area contributed by atoms with Crippen molar-refractivity contribution >= 4 is 10.0 Å². The Balaban J connectivity index is 1.79. The Morgan fingerprint density at radius 2 is 2.03 bits per heavy atom. The summed E-state index contributed by atoms with van der Waals surface area (Å²) in [6, 6.07) is 9.97. The Morgan fingerprint density at radius 1 is 1.26 bits per heavy atom. The summed E-state index contributed by atoms with van der Waals surface area (Å²) in [6.07, 6.45) is 7.91. The molecular weight excluding hydrogens is 417 g/mol. The number of aromatic nitrogens is 4. The zero-order valence-electron chi connectivity index (χ0n) is 18.2. The van der Waals surface area contributed by atoms with E-state index >= 15 is 0 Å². The minimum atomic E-state index is -0.848. The van der Waals surface area contributed by atoms with E-state index in [1.807, 2.05) is 6.07 Å². The molecule has 2 aromatic heterocycles. The van der Waals surface area contributed by atoms with Gasteiger partial charge < -0.3 is 9.84 Å². The van der Waals surface area contributed by atoms with Crippen LogP contribution in [0.5, 0.6) is 0 Å². The maximum atomic E-state index is 13.7. The van der Waals surface area contributed by atoms with Crippen molar-refractivity contribution in [1.82, 2.24) is 19.6 Å². The van der Waals surface area contributed by atoms with E-state index in [-0.39, 0.29) is 6.73 Å². The lowest BCUT2D eigenvalue weighted by Crippen LogP contribution is -2.12. The standard InChI is InChI=1S/C22H28FN5O2S/c1-16(29)21-11-17(23)5-6-22(21)28-19(7-8-25-28)12-18-13-20(14-24)27(26-18)15-30-9-10-31(2,3)4/h5-8,11,13,16,29H,9-10,12,15H2,1-4H3/t16-/m1/s1.